The summed E-state index contributed by atoms with van der Waals surface area (Å²) in [5.74, 6) is 2.46. The van der Waals surface area contributed by atoms with Crippen molar-refractivity contribution >= 4 is 12.2 Å². The van der Waals surface area contributed by atoms with Crippen molar-refractivity contribution in [2.75, 3.05) is 7.11 Å². The van der Waals surface area contributed by atoms with Crippen LogP contribution in [0.25, 0.3) is 0 Å². The Labute approximate surface area is 108 Å². The molecule has 0 saturated heterocycles. The molecule has 0 bridgehead atoms. The number of nitrogens with one attached hydrogen (secondary N) is 1. The van der Waals surface area contributed by atoms with E-state index >= 15 is 0 Å². The molecule has 0 radical (unpaired) electrons. The third-order valence-electron chi connectivity index (χ3n) is 3.52. The van der Waals surface area contributed by atoms with Gasteiger partial charge in [-0.3, -0.25) is 0 Å². The van der Waals surface area contributed by atoms with Crippen LogP contribution in [0.5, 0.6) is 0 Å². The average Bonchev–Trinajstić information content (AvgIpc) is 2.29. The van der Waals surface area contributed by atoms with E-state index in [2.05, 4.69) is 16.9 Å². The van der Waals surface area contributed by atoms with E-state index in [9.17, 15) is 0 Å². The molecule has 0 atom stereocenters. The minimum Gasteiger partial charge on any atom is -0.378 e. The van der Waals surface area contributed by atoms with Gasteiger partial charge < -0.3 is 9.72 Å². The normalized spacial score (nSPS) is 24.8. The zero-order valence-electron chi connectivity index (χ0n) is 10.5. The number of rotatable bonds is 3. The Hall–Kier alpha value is -0.740. The van der Waals surface area contributed by atoms with Crippen LogP contribution in [-0.4, -0.2) is 17.1 Å². The number of aromatic amines is 1. The molecule has 2 rings (SSSR count). The molecule has 1 aliphatic rings. The molecule has 1 aromatic rings. The van der Waals surface area contributed by atoms with Crippen LogP contribution in [-0.2, 0) is 11.3 Å². The zero-order chi connectivity index (χ0) is 12.3. The second-order valence-corrected chi connectivity index (χ2v) is 5.44. The van der Waals surface area contributed by atoms with Crippen LogP contribution in [0.2, 0.25) is 0 Å². The minimum atomic E-state index is 0.546. The van der Waals surface area contributed by atoms with Gasteiger partial charge in [-0.2, -0.15) is 0 Å². The van der Waals surface area contributed by atoms with E-state index in [-0.39, 0.29) is 0 Å². The van der Waals surface area contributed by atoms with Crippen LogP contribution in [0.1, 0.15) is 50.0 Å². The maximum Gasteiger partial charge on any atom is 0.130 e. The van der Waals surface area contributed by atoms with E-state index in [4.69, 9.17) is 17.0 Å². The van der Waals surface area contributed by atoms with Crippen LogP contribution in [0.4, 0.5) is 0 Å². The molecule has 17 heavy (non-hydrogen) atoms. The number of nitrogens with zero attached hydrogens (tertiary/aromatic N) is 1. The quantitative estimate of drug-likeness (QED) is 0.836. The molecule has 1 fully saturated rings. The summed E-state index contributed by atoms with van der Waals surface area (Å²) in [5, 5.41) is 0. The molecule has 0 amide bonds. The molecular formula is C13H20N2OS. The second kappa shape index (κ2) is 5.74. The Kier molecular flexibility index (Phi) is 4.29. The molecule has 0 unspecified atom stereocenters. The number of H-pyrrole nitrogens is 1. The molecule has 1 saturated carbocycles. The monoisotopic (exact) mass is 252 g/mol. The summed E-state index contributed by atoms with van der Waals surface area (Å²) < 4.78 is 5.81. The first-order chi connectivity index (χ1) is 8.19. The van der Waals surface area contributed by atoms with Gasteiger partial charge in [0.2, 0.25) is 0 Å². The maximum atomic E-state index is 5.21. The van der Waals surface area contributed by atoms with Crippen LogP contribution in [0, 0.1) is 10.6 Å². The van der Waals surface area contributed by atoms with Gasteiger partial charge in [-0.1, -0.05) is 32.0 Å². The number of hydrogen-bond acceptors (Lipinski definition) is 3. The van der Waals surface area contributed by atoms with Crippen LogP contribution in [0.15, 0.2) is 6.07 Å². The summed E-state index contributed by atoms with van der Waals surface area (Å²) in [6, 6.07) is 1.88. The molecule has 0 spiro atoms. The summed E-state index contributed by atoms with van der Waals surface area (Å²) in [4.78, 5) is 7.84. The topological polar surface area (TPSA) is 37.9 Å². The van der Waals surface area contributed by atoms with Crippen molar-refractivity contribution in [2.45, 2.75) is 45.1 Å². The van der Waals surface area contributed by atoms with E-state index < -0.39 is 0 Å². The van der Waals surface area contributed by atoms with Crippen molar-refractivity contribution in [1.82, 2.24) is 9.97 Å². The van der Waals surface area contributed by atoms with Gasteiger partial charge in [0.15, 0.2) is 0 Å². The van der Waals surface area contributed by atoms with Crippen molar-refractivity contribution in [1.29, 1.82) is 0 Å². The Morgan fingerprint density at radius 2 is 2.12 bits per heavy atom. The minimum absolute atomic E-state index is 0.546. The lowest BCUT2D eigenvalue weighted by Crippen LogP contribution is -2.14. The van der Waals surface area contributed by atoms with Gasteiger partial charge in [0.05, 0.1) is 6.61 Å². The van der Waals surface area contributed by atoms with Crippen LogP contribution in [0.3, 0.4) is 0 Å². The second-order valence-electron chi connectivity index (χ2n) is 5.02. The Morgan fingerprint density at radius 1 is 1.41 bits per heavy atom. The Morgan fingerprint density at radius 3 is 2.76 bits per heavy atom. The summed E-state index contributed by atoms with van der Waals surface area (Å²) in [6.07, 6.45) is 5.02. The van der Waals surface area contributed by atoms with Gasteiger partial charge in [-0.15, -0.1) is 0 Å². The summed E-state index contributed by atoms with van der Waals surface area (Å²) >= 11 is 5.21. The van der Waals surface area contributed by atoms with E-state index in [1.54, 1.807) is 7.11 Å². The fraction of sp³-hybridized carbons (Fsp3) is 0.692. The van der Waals surface area contributed by atoms with E-state index in [1.807, 2.05) is 6.07 Å². The highest BCUT2D eigenvalue weighted by atomic mass is 32.1. The number of aromatic nitrogens is 2. The fourth-order valence-electron chi connectivity index (χ4n) is 2.49. The zero-order valence-corrected chi connectivity index (χ0v) is 11.3. The lowest BCUT2D eigenvalue weighted by Gasteiger charge is -2.25. The van der Waals surface area contributed by atoms with Gasteiger partial charge in [0.1, 0.15) is 10.5 Å². The average molecular weight is 252 g/mol. The number of methoxy groups -OCH3 is 1. The van der Waals surface area contributed by atoms with E-state index in [1.165, 1.54) is 25.7 Å². The molecule has 1 aromatic heterocycles. The first kappa shape index (κ1) is 12.7. The van der Waals surface area contributed by atoms with E-state index in [0.717, 1.165) is 17.4 Å². The SMILES string of the molecule is COCc1cc(=S)nc(C2CCC(C)CC2)[nH]1. The Balaban J connectivity index is 2.17. The molecule has 1 N–H and O–H groups in total. The summed E-state index contributed by atoms with van der Waals surface area (Å²) in [6.45, 7) is 2.90. The van der Waals surface area contributed by atoms with Crippen molar-refractivity contribution in [3.05, 3.63) is 22.2 Å². The standard InChI is InChI=1S/C13H20N2OS/c1-9-3-5-10(6-4-9)13-14-11(8-16-2)7-12(17)15-13/h7,9-10H,3-6,8H2,1-2H3,(H,14,15,17). The van der Waals surface area contributed by atoms with Crippen LogP contribution < -0.4 is 0 Å². The first-order valence-electron chi connectivity index (χ1n) is 6.28. The fourth-order valence-corrected chi connectivity index (χ4v) is 2.73. The van der Waals surface area contributed by atoms with Gasteiger partial charge in [0, 0.05) is 18.7 Å². The maximum absolute atomic E-state index is 5.21. The molecule has 1 aliphatic carbocycles. The lowest BCUT2D eigenvalue weighted by molar-refractivity contribution is 0.180. The Bertz CT molecular complexity index is 422. The summed E-state index contributed by atoms with van der Waals surface area (Å²) in [5.41, 5.74) is 1.03. The smallest absolute Gasteiger partial charge is 0.130 e. The number of hydrogen-bond donors (Lipinski definition) is 1. The van der Waals surface area contributed by atoms with Crippen molar-refractivity contribution in [3.8, 4) is 0 Å². The highest BCUT2D eigenvalue weighted by Crippen LogP contribution is 2.33. The van der Waals surface area contributed by atoms with Gasteiger partial charge in [0.25, 0.3) is 0 Å². The summed E-state index contributed by atoms with van der Waals surface area (Å²) in [7, 11) is 1.69. The third kappa shape index (κ3) is 3.36. The highest BCUT2D eigenvalue weighted by Gasteiger charge is 2.21. The first-order valence-corrected chi connectivity index (χ1v) is 6.69. The van der Waals surface area contributed by atoms with Crippen molar-refractivity contribution in [2.24, 2.45) is 5.92 Å². The predicted octanol–water partition coefficient (Wildman–Crippen LogP) is 3.58. The van der Waals surface area contributed by atoms with Gasteiger partial charge >= 0.3 is 0 Å². The molecule has 94 valence electrons. The highest BCUT2D eigenvalue weighted by molar-refractivity contribution is 7.71. The molecule has 0 aromatic carbocycles. The third-order valence-corrected chi connectivity index (χ3v) is 3.73. The predicted molar refractivity (Wildman–Crippen MR) is 70.5 cm³/mol. The molecule has 0 aliphatic heterocycles. The van der Waals surface area contributed by atoms with Crippen molar-refractivity contribution in [3.63, 3.8) is 0 Å². The number of ether oxygens (including phenoxy) is 1. The molecule has 1 heterocycles. The molecule has 3 nitrogen and oxygen atoms in total. The van der Waals surface area contributed by atoms with Crippen molar-refractivity contribution < 1.29 is 4.74 Å². The lowest BCUT2D eigenvalue weighted by atomic mass is 9.82. The molecule has 4 heteroatoms. The largest absolute Gasteiger partial charge is 0.378 e. The van der Waals surface area contributed by atoms with Gasteiger partial charge in [-0.05, 0) is 24.8 Å². The van der Waals surface area contributed by atoms with E-state index in [0.29, 0.717) is 17.2 Å². The van der Waals surface area contributed by atoms with Gasteiger partial charge in [-0.25, -0.2) is 4.98 Å². The van der Waals surface area contributed by atoms with Crippen LogP contribution >= 0.6 is 12.2 Å². The molecular weight excluding hydrogens is 232 g/mol.